The van der Waals surface area contributed by atoms with Gasteiger partial charge in [-0.25, -0.2) is 22.9 Å². The fourth-order valence-electron chi connectivity index (χ4n) is 3.17. The number of anilines is 4. The van der Waals surface area contributed by atoms with Gasteiger partial charge in [0.15, 0.2) is 11.6 Å². The van der Waals surface area contributed by atoms with Gasteiger partial charge in [0, 0.05) is 28.5 Å². The Kier molecular flexibility index (Phi) is 5.24. The maximum atomic E-state index is 14.3. The predicted octanol–water partition coefficient (Wildman–Crippen LogP) is 2.64. The first-order valence-electron chi connectivity index (χ1n) is 9.23. The summed E-state index contributed by atoms with van der Waals surface area (Å²) in [5.41, 5.74) is 7.68. The molecule has 4 rings (SSSR count). The van der Waals surface area contributed by atoms with Crippen LogP contribution >= 0.6 is 0 Å². The molecule has 0 bridgehead atoms. The Labute approximate surface area is 181 Å². The standard InChI is InChI=1S/C20H18FN7O3S/c1-10-2-3-12(7-17(10)32(23,30)31)27-20-25-9-15(21)19(28-20)26-11-4-5-13-14(18(22)29)8-24-16(13)6-11/h2-9,24H,1H3,(H2,22,29)(H2,23,30,31)(H2,25,26,27,28). The van der Waals surface area contributed by atoms with Gasteiger partial charge in [-0.05, 0) is 42.8 Å². The van der Waals surface area contributed by atoms with Crippen molar-refractivity contribution >= 4 is 50.0 Å². The third-order valence-corrected chi connectivity index (χ3v) is 5.76. The summed E-state index contributed by atoms with van der Waals surface area (Å²) in [4.78, 5) is 22.3. The van der Waals surface area contributed by atoms with Crippen molar-refractivity contribution in [3.63, 3.8) is 0 Å². The van der Waals surface area contributed by atoms with Crippen molar-refractivity contribution in [3.05, 3.63) is 65.7 Å². The van der Waals surface area contributed by atoms with Crippen LogP contribution in [0.15, 0.2) is 53.7 Å². The normalized spacial score (nSPS) is 11.5. The van der Waals surface area contributed by atoms with Gasteiger partial charge in [-0.3, -0.25) is 4.79 Å². The molecule has 1 amide bonds. The second-order valence-corrected chi connectivity index (χ2v) is 8.52. The first kappa shape index (κ1) is 21.2. The number of nitrogens with one attached hydrogen (secondary N) is 3. The Morgan fingerprint density at radius 1 is 1.12 bits per heavy atom. The molecule has 10 nitrogen and oxygen atoms in total. The molecule has 2 heterocycles. The number of aryl methyl sites for hydroxylation is 1. The number of aromatic amines is 1. The zero-order chi connectivity index (χ0) is 23.0. The molecule has 0 aliphatic heterocycles. The Bertz CT molecular complexity index is 1470. The molecule has 164 valence electrons. The molecule has 0 aliphatic rings. The number of halogens is 1. The molecule has 0 unspecified atom stereocenters. The van der Waals surface area contributed by atoms with E-state index in [9.17, 15) is 17.6 Å². The van der Waals surface area contributed by atoms with Crippen LogP contribution in [0.5, 0.6) is 0 Å². The molecule has 0 saturated carbocycles. The average molecular weight is 455 g/mol. The molecular weight excluding hydrogens is 437 g/mol. The highest BCUT2D eigenvalue weighted by Crippen LogP contribution is 2.26. The fraction of sp³-hybridized carbons (Fsp3) is 0.0500. The molecule has 7 N–H and O–H groups in total. The molecule has 2 aromatic carbocycles. The Morgan fingerprint density at radius 3 is 2.56 bits per heavy atom. The third kappa shape index (κ3) is 4.22. The minimum Gasteiger partial charge on any atom is -0.366 e. The minimum atomic E-state index is -3.91. The van der Waals surface area contributed by atoms with E-state index >= 15 is 0 Å². The number of carbonyl (C=O) groups excluding carboxylic acids is 1. The van der Waals surface area contributed by atoms with Crippen LogP contribution in [0.3, 0.4) is 0 Å². The topological polar surface area (TPSA) is 169 Å². The van der Waals surface area contributed by atoms with Crippen molar-refractivity contribution in [1.29, 1.82) is 0 Å². The Hall–Kier alpha value is -4.03. The SMILES string of the molecule is Cc1ccc(Nc2ncc(F)c(Nc3ccc4c(C(N)=O)c[nH]c4c3)n2)cc1S(N)(=O)=O. The van der Waals surface area contributed by atoms with Crippen LogP contribution < -0.4 is 21.5 Å². The summed E-state index contributed by atoms with van der Waals surface area (Å²) in [5, 5.41) is 11.6. The summed E-state index contributed by atoms with van der Waals surface area (Å²) in [5.74, 6) is -1.33. The van der Waals surface area contributed by atoms with E-state index in [0.29, 0.717) is 33.4 Å². The number of rotatable bonds is 6. The summed E-state index contributed by atoms with van der Waals surface area (Å²) in [6.07, 6.45) is 2.48. The smallest absolute Gasteiger partial charge is 0.250 e. The molecule has 12 heteroatoms. The zero-order valence-electron chi connectivity index (χ0n) is 16.7. The van der Waals surface area contributed by atoms with E-state index < -0.39 is 21.7 Å². The average Bonchev–Trinajstić information content (AvgIpc) is 3.14. The number of carbonyl (C=O) groups is 1. The van der Waals surface area contributed by atoms with Crippen LogP contribution in [-0.4, -0.2) is 29.3 Å². The number of amides is 1. The number of hydrogen-bond donors (Lipinski definition) is 5. The van der Waals surface area contributed by atoms with Gasteiger partial charge in [0.1, 0.15) is 0 Å². The molecule has 0 saturated heterocycles. The van der Waals surface area contributed by atoms with E-state index in [-0.39, 0.29) is 16.7 Å². The molecule has 32 heavy (non-hydrogen) atoms. The minimum absolute atomic E-state index is 0.0371. The van der Waals surface area contributed by atoms with Crippen LogP contribution in [-0.2, 0) is 10.0 Å². The third-order valence-electron chi connectivity index (χ3n) is 4.70. The summed E-state index contributed by atoms with van der Waals surface area (Å²) in [6.45, 7) is 1.62. The van der Waals surface area contributed by atoms with Gasteiger partial charge in [-0.15, -0.1) is 0 Å². The zero-order valence-corrected chi connectivity index (χ0v) is 17.5. The lowest BCUT2D eigenvalue weighted by atomic mass is 10.1. The fourth-order valence-corrected chi connectivity index (χ4v) is 3.98. The van der Waals surface area contributed by atoms with Gasteiger partial charge in [0.05, 0.1) is 16.7 Å². The van der Waals surface area contributed by atoms with E-state index in [4.69, 9.17) is 10.9 Å². The number of hydrogen-bond acceptors (Lipinski definition) is 7. The first-order chi connectivity index (χ1) is 15.1. The van der Waals surface area contributed by atoms with Gasteiger partial charge in [0.25, 0.3) is 5.91 Å². The molecule has 0 radical (unpaired) electrons. The summed E-state index contributed by atoms with van der Waals surface area (Å²) >= 11 is 0. The first-order valence-corrected chi connectivity index (χ1v) is 10.8. The molecule has 2 aromatic heterocycles. The molecule has 0 aliphatic carbocycles. The second-order valence-electron chi connectivity index (χ2n) is 6.99. The van der Waals surface area contributed by atoms with Crippen molar-refractivity contribution < 1.29 is 17.6 Å². The number of benzene rings is 2. The summed E-state index contributed by atoms with van der Waals surface area (Å²) in [6, 6.07) is 9.55. The number of aromatic nitrogens is 3. The predicted molar refractivity (Wildman–Crippen MR) is 118 cm³/mol. The van der Waals surface area contributed by atoms with Crippen molar-refractivity contribution in [2.75, 3.05) is 10.6 Å². The summed E-state index contributed by atoms with van der Waals surface area (Å²) in [7, 11) is -3.91. The van der Waals surface area contributed by atoms with Gasteiger partial charge >= 0.3 is 0 Å². The Balaban J connectivity index is 1.61. The molecule has 0 atom stereocenters. The van der Waals surface area contributed by atoms with Crippen LogP contribution in [0.1, 0.15) is 15.9 Å². The van der Waals surface area contributed by atoms with Crippen LogP contribution in [0.4, 0.5) is 27.5 Å². The van der Waals surface area contributed by atoms with Gasteiger partial charge in [-0.1, -0.05) is 6.07 Å². The summed E-state index contributed by atoms with van der Waals surface area (Å²) < 4.78 is 37.8. The van der Waals surface area contributed by atoms with E-state index in [0.717, 1.165) is 6.20 Å². The van der Waals surface area contributed by atoms with Crippen LogP contribution in [0, 0.1) is 12.7 Å². The van der Waals surface area contributed by atoms with Crippen molar-refractivity contribution in [2.45, 2.75) is 11.8 Å². The maximum absolute atomic E-state index is 14.3. The monoisotopic (exact) mass is 455 g/mol. The van der Waals surface area contributed by atoms with Crippen molar-refractivity contribution in [1.82, 2.24) is 15.0 Å². The highest BCUT2D eigenvalue weighted by molar-refractivity contribution is 7.89. The quantitative estimate of drug-likeness (QED) is 0.298. The molecule has 0 fully saturated rings. The van der Waals surface area contributed by atoms with Crippen molar-refractivity contribution in [2.24, 2.45) is 10.9 Å². The van der Waals surface area contributed by atoms with Crippen molar-refractivity contribution in [3.8, 4) is 0 Å². The van der Waals surface area contributed by atoms with Crippen LogP contribution in [0.25, 0.3) is 10.9 Å². The number of primary sulfonamides is 1. The number of H-pyrrole nitrogens is 1. The van der Waals surface area contributed by atoms with Gasteiger partial charge < -0.3 is 21.4 Å². The van der Waals surface area contributed by atoms with E-state index in [1.54, 1.807) is 37.3 Å². The lowest BCUT2D eigenvalue weighted by Crippen LogP contribution is -2.14. The van der Waals surface area contributed by atoms with E-state index in [1.807, 2.05) is 0 Å². The van der Waals surface area contributed by atoms with Crippen LogP contribution in [0.2, 0.25) is 0 Å². The van der Waals surface area contributed by atoms with Gasteiger partial charge in [-0.2, -0.15) is 4.98 Å². The molecule has 0 spiro atoms. The number of fused-ring (bicyclic) bond motifs is 1. The second kappa shape index (κ2) is 7.90. The van der Waals surface area contributed by atoms with E-state index in [1.165, 1.54) is 12.3 Å². The molecular formula is C20H18FN7O3S. The number of primary amides is 1. The number of sulfonamides is 1. The number of nitrogens with zero attached hydrogens (tertiary/aromatic N) is 2. The maximum Gasteiger partial charge on any atom is 0.250 e. The lowest BCUT2D eigenvalue weighted by Gasteiger charge is -2.11. The van der Waals surface area contributed by atoms with E-state index in [2.05, 4.69) is 25.6 Å². The lowest BCUT2D eigenvalue weighted by molar-refractivity contribution is 0.100. The molecule has 4 aromatic rings. The Morgan fingerprint density at radius 2 is 1.84 bits per heavy atom. The highest BCUT2D eigenvalue weighted by Gasteiger charge is 2.14. The number of nitrogens with two attached hydrogens (primary N) is 2. The highest BCUT2D eigenvalue weighted by atomic mass is 32.2. The largest absolute Gasteiger partial charge is 0.366 e. The van der Waals surface area contributed by atoms with Gasteiger partial charge in [0.2, 0.25) is 16.0 Å².